The first-order chi connectivity index (χ1) is 8.66. The van der Waals surface area contributed by atoms with Crippen molar-refractivity contribution < 1.29 is 4.21 Å². The summed E-state index contributed by atoms with van der Waals surface area (Å²) in [6.07, 6.45) is 5.48. The fourth-order valence-electron chi connectivity index (χ4n) is 2.03. The van der Waals surface area contributed by atoms with Gasteiger partial charge in [0.1, 0.15) is 0 Å². The third kappa shape index (κ3) is 4.21. The maximum absolute atomic E-state index is 11.2. The van der Waals surface area contributed by atoms with E-state index in [4.69, 9.17) is 0 Å². The SMILES string of the molecule is CC(CCNCc1ccc(C2CC2)cc1)S(C)=O. The van der Waals surface area contributed by atoms with Gasteiger partial charge in [0, 0.05) is 28.9 Å². The minimum absolute atomic E-state index is 0.287. The van der Waals surface area contributed by atoms with Gasteiger partial charge >= 0.3 is 0 Å². The molecule has 0 saturated heterocycles. The average Bonchev–Trinajstić information content (AvgIpc) is 3.19. The predicted molar refractivity (Wildman–Crippen MR) is 78.3 cm³/mol. The molecule has 1 aromatic rings. The summed E-state index contributed by atoms with van der Waals surface area (Å²) in [5.74, 6) is 0.840. The summed E-state index contributed by atoms with van der Waals surface area (Å²) in [5.41, 5.74) is 2.83. The number of benzene rings is 1. The molecular weight excluding hydrogens is 242 g/mol. The lowest BCUT2D eigenvalue weighted by atomic mass is 10.1. The zero-order valence-corrected chi connectivity index (χ0v) is 12.1. The summed E-state index contributed by atoms with van der Waals surface area (Å²) in [7, 11) is -0.700. The summed E-state index contributed by atoms with van der Waals surface area (Å²) in [5, 5.41) is 3.70. The molecule has 2 atom stereocenters. The third-order valence-electron chi connectivity index (χ3n) is 3.65. The van der Waals surface area contributed by atoms with Gasteiger partial charge in [-0.15, -0.1) is 0 Å². The van der Waals surface area contributed by atoms with E-state index in [1.807, 2.05) is 6.92 Å². The third-order valence-corrected chi connectivity index (χ3v) is 5.02. The molecule has 0 amide bonds. The van der Waals surface area contributed by atoms with Gasteiger partial charge in [0.15, 0.2) is 0 Å². The smallest absolute Gasteiger partial charge is 0.0329 e. The van der Waals surface area contributed by atoms with Gasteiger partial charge in [0.2, 0.25) is 0 Å². The summed E-state index contributed by atoms with van der Waals surface area (Å²) in [4.78, 5) is 0. The molecule has 0 radical (unpaired) electrons. The summed E-state index contributed by atoms with van der Waals surface area (Å²) >= 11 is 0. The minimum atomic E-state index is -0.700. The molecular formula is C15H23NOS. The summed E-state index contributed by atoms with van der Waals surface area (Å²) in [6.45, 7) is 3.89. The fourth-order valence-corrected chi connectivity index (χ4v) is 2.48. The Labute approximate surface area is 113 Å². The molecule has 3 heteroatoms. The van der Waals surface area contributed by atoms with Gasteiger partial charge in [-0.25, -0.2) is 0 Å². The quantitative estimate of drug-likeness (QED) is 0.768. The van der Waals surface area contributed by atoms with Crippen LogP contribution in [0.4, 0.5) is 0 Å². The van der Waals surface area contributed by atoms with Crippen molar-refractivity contribution in [3.63, 3.8) is 0 Å². The largest absolute Gasteiger partial charge is 0.313 e. The summed E-state index contributed by atoms with van der Waals surface area (Å²) in [6, 6.07) is 8.97. The molecule has 2 nitrogen and oxygen atoms in total. The van der Waals surface area contributed by atoms with Crippen LogP contribution in [0.2, 0.25) is 0 Å². The predicted octanol–water partition coefficient (Wildman–Crippen LogP) is 2.81. The van der Waals surface area contributed by atoms with Crippen molar-refractivity contribution in [3.05, 3.63) is 35.4 Å². The van der Waals surface area contributed by atoms with E-state index in [1.165, 1.54) is 24.0 Å². The Morgan fingerprint density at radius 2 is 2.00 bits per heavy atom. The first-order valence-corrected chi connectivity index (χ1v) is 8.40. The molecule has 2 rings (SSSR count). The van der Waals surface area contributed by atoms with Crippen LogP contribution in [0.3, 0.4) is 0 Å². The lowest BCUT2D eigenvalue weighted by Crippen LogP contribution is -2.20. The minimum Gasteiger partial charge on any atom is -0.313 e. The molecule has 100 valence electrons. The van der Waals surface area contributed by atoms with Gasteiger partial charge in [-0.05, 0) is 42.9 Å². The van der Waals surface area contributed by atoms with Crippen LogP contribution in [0.5, 0.6) is 0 Å². The molecule has 1 aromatic carbocycles. The number of hydrogen-bond donors (Lipinski definition) is 1. The van der Waals surface area contributed by atoms with Crippen molar-refractivity contribution in [1.82, 2.24) is 5.32 Å². The number of hydrogen-bond acceptors (Lipinski definition) is 2. The highest BCUT2D eigenvalue weighted by molar-refractivity contribution is 7.84. The highest BCUT2D eigenvalue weighted by Crippen LogP contribution is 2.39. The van der Waals surface area contributed by atoms with E-state index >= 15 is 0 Å². The van der Waals surface area contributed by atoms with Crippen molar-refractivity contribution in [2.24, 2.45) is 0 Å². The van der Waals surface area contributed by atoms with Crippen LogP contribution in [0, 0.1) is 0 Å². The van der Waals surface area contributed by atoms with E-state index in [2.05, 4.69) is 29.6 Å². The molecule has 0 spiro atoms. The van der Waals surface area contributed by atoms with E-state index in [9.17, 15) is 4.21 Å². The molecule has 0 bridgehead atoms. The molecule has 1 N–H and O–H groups in total. The van der Waals surface area contributed by atoms with E-state index in [-0.39, 0.29) is 5.25 Å². The first kappa shape index (κ1) is 13.8. The van der Waals surface area contributed by atoms with Crippen molar-refractivity contribution in [2.75, 3.05) is 12.8 Å². The van der Waals surface area contributed by atoms with Crippen molar-refractivity contribution >= 4 is 10.8 Å². The highest BCUT2D eigenvalue weighted by Gasteiger charge is 2.22. The van der Waals surface area contributed by atoms with Crippen LogP contribution in [0.15, 0.2) is 24.3 Å². The zero-order chi connectivity index (χ0) is 13.0. The number of rotatable bonds is 7. The van der Waals surface area contributed by atoms with Gasteiger partial charge in [0.25, 0.3) is 0 Å². The van der Waals surface area contributed by atoms with Crippen LogP contribution in [0.25, 0.3) is 0 Å². The van der Waals surface area contributed by atoms with Gasteiger partial charge in [-0.3, -0.25) is 4.21 Å². The van der Waals surface area contributed by atoms with Crippen molar-refractivity contribution in [3.8, 4) is 0 Å². The monoisotopic (exact) mass is 265 g/mol. The Hall–Kier alpha value is -0.670. The Morgan fingerprint density at radius 1 is 1.33 bits per heavy atom. The van der Waals surface area contributed by atoms with E-state index in [1.54, 1.807) is 6.26 Å². The van der Waals surface area contributed by atoms with Crippen LogP contribution in [0.1, 0.15) is 43.2 Å². The van der Waals surface area contributed by atoms with Gasteiger partial charge in [-0.2, -0.15) is 0 Å². The van der Waals surface area contributed by atoms with E-state index in [0.29, 0.717) is 0 Å². The normalized spacial score (nSPS) is 18.6. The Balaban J connectivity index is 1.68. The van der Waals surface area contributed by atoms with Crippen LogP contribution in [-0.4, -0.2) is 22.3 Å². The van der Waals surface area contributed by atoms with Crippen molar-refractivity contribution in [1.29, 1.82) is 0 Å². The van der Waals surface area contributed by atoms with Gasteiger partial charge in [0.05, 0.1) is 0 Å². The van der Waals surface area contributed by atoms with Gasteiger partial charge < -0.3 is 5.32 Å². The lowest BCUT2D eigenvalue weighted by Gasteiger charge is -2.09. The molecule has 1 saturated carbocycles. The van der Waals surface area contributed by atoms with Crippen LogP contribution < -0.4 is 5.32 Å². The zero-order valence-electron chi connectivity index (χ0n) is 11.3. The second-order valence-electron chi connectivity index (χ2n) is 5.29. The molecule has 0 aliphatic heterocycles. The van der Waals surface area contributed by atoms with E-state index in [0.717, 1.165) is 25.4 Å². The maximum atomic E-state index is 11.2. The molecule has 1 aliphatic rings. The Morgan fingerprint density at radius 3 is 2.56 bits per heavy atom. The second-order valence-corrected chi connectivity index (χ2v) is 7.09. The molecule has 1 fully saturated rings. The van der Waals surface area contributed by atoms with Crippen LogP contribution >= 0.6 is 0 Å². The second kappa shape index (κ2) is 6.48. The Kier molecular flexibility index (Phi) is 4.95. The average molecular weight is 265 g/mol. The van der Waals surface area contributed by atoms with Crippen LogP contribution in [-0.2, 0) is 17.3 Å². The van der Waals surface area contributed by atoms with Gasteiger partial charge in [-0.1, -0.05) is 31.2 Å². The summed E-state index contributed by atoms with van der Waals surface area (Å²) < 4.78 is 11.2. The molecule has 1 aliphatic carbocycles. The molecule has 18 heavy (non-hydrogen) atoms. The van der Waals surface area contributed by atoms with Crippen molar-refractivity contribution in [2.45, 2.75) is 43.9 Å². The highest BCUT2D eigenvalue weighted by atomic mass is 32.2. The standard InChI is InChI=1S/C15H23NOS/c1-12(18(2)17)9-10-16-11-13-3-5-14(6-4-13)15-7-8-15/h3-6,12,15-16H,7-11H2,1-2H3. The molecule has 0 aromatic heterocycles. The molecule has 2 unspecified atom stereocenters. The Bertz CT molecular complexity index is 397. The fraction of sp³-hybridized carbons (Fsp3) is 0.600. The number of nitrogens with one attached hydrogen (secondary N) is 1. The lowest BCUT2D eigenvalue weighted by molar-refractivity contribution is 0.629. The maximum Gasteiger partial charge on any atom is 0.0329 e. The topological polar surface area (TPSA) is 29.1 Å². The van der Waals surface area contributed by atoms with E-state index < -0.39 is 10.8 Å². The first-order valence-electron chi connectivity index (χ1n) is 6.78. The molecule has 0 heterocycles.